The lowest BCUT2D eigenvalue weighted by atomic mass is 9.74. The van der Waals surface area contributed by atoms with Crippen molar-refractivity contribution >= 4 is 23.4 Å². The molecule has 0 aliphatic carbocycles. The number of benzene rings is 3. The van der Waals surface area contributed by atoms with Crippen LogP contribution in [0.4, 0.5) is 4.39 Å². The molecule has 1 heterocycles. The van der Waals surface area contributed by atoms with Crippen LogP contribution in [0.15, 0.2) is 66.7 Å². The number of ether oxygens (including phenoxy) is 1. The maximum absolute atomic E-state index is 14.9. The minimum atomic E-state index is -1.10. The number of fused-ring (bicyclic) bond motifs is 1. The fourth-order valence-electron chi connectivity index (χ4n) is 3.96. The summed E-state index contributed by atoms with van der Waals surface area (Å²) >= 11 is 0. The second-order valence-corrected chi connectivity index (χ2v) is 9.25. The van der Waals surface area contributed by atoms with Crippen molar-refractivity contribution in [2.24, 2.45) is 0 Å². The average Bonchev–Trinajstić information content (AvgIpc) is 2.95. The molecule has 0 N–H and O–H groups in total. The predicted molar refractivity (Wildman–Crippen MR) is 124 cm³/mol. The molecule has 1 unspecified atom stereocenters. The van der Waals surface area contributed by atoms with Crippen molar-refractivity contribution < 1.29 is 18.4 Å². The first kappa shape index (κ1) is 22.0. The second kappa shape index (κ2) is 8.74. The number of halogens is 1. The molecule has 5 heteroatoms. The van der Waals surface area contributed by atoms with Gasteiger partial charge in [-0.15, -0.1) is 0 Å². The zero-order valence-electron chi connectivity index (χ0n) is 18.7. The van der Waals surface area contributed by atoms with E-state index in [4.69, 9.17) is 14.0 Å². The van der Waals surface area contributed by atoms with Gasteiger partial charge in [-0.25, -0.2) is 4.39 Å². The minimum absolute atomic E-state index is 0.0595. The molecular formula is C26H30BFO3. The van der Waals surface area contributed by atoms with Crippen molar-refractivity contribution in [2.45, 2.75) is 58.1 Å². The summed E-state index contributed by atoms with van der Waals surface area (Å²) in [6.07, 6.45) is -0.816. The van der Waals surface area contributed by atoms with Crippen LogP contribution in [0.2, 0.25) is 0 Å². The Kier molecular flexibility index (Phi) is 6.20. The maximum Gasteiger partial charge on any atom is 0.495 e. The minimum Gasteiger partial charge on any atom is -0.399 e. The molecular weight excluding hydrogens is 390 g/mol. The highest BCUT2D eigenvalue weighted by molar-refractivity contribution is 6.65. The van der Waals surface area contributed by atoms with E-state index in [9.17, 15) is 4.39 Å². The quantitative estimate of drug-likeness (QED) is 0.490. The fraction of sp³-hybridized carbons (Fsp3) is 0.385. The fourth-order valence-corrected chi connectivity index (χ4v) is 3.96. The van der Waals surface area contributed by atoms with Gasteiger partial charge in [-0.1, -0.05) is 66.7 Å². The molecule has 4 rings (SSSR count). The second-order valence-electron chi connectivity index (χ2n) is 9.25. The van der Waals surface area contributed by atoms with Crippen molar-refractivity contribution in [1.29, 1.82) is 0 Å². The van der Waals surface area contributed by atoms with Crippen molar-refractivity contribution in [3.05, 3.63) is 77.9 Å². The van der Waals surface area contributed by atoms with E-state index < -0.39 is 24.5 Å². The largest absolute Gasteiger partial charge is 0.495 e. The van der Waals surface area contributed by atoms with Gasteiger partial charge >= 0.3 is 7.12 Å². The van der Waals surface area contributed by atoms with Crippen LogP contribution in [-0.4, -0.2) is 31.1 Å². The molecule has 162 valence electrons. The average molecular weight is 420 g/mol. The summed E-state index contributed by atoms with van der Waals surface area (Å²) in [5, 5.41) is 2.07. The normalized spacial score (nSPS) is 18.4. The Balaban J connectivity index is 1.53. The van der Waals surface area contributed by atoms with E-state index in [0.717, 1.165) is 27.4 Å². The predicted octanol–water partition coefficient (Wildman–Crippen LogP) is 5.24. The molecule has 1 saturated heterocycles. The van der Waals surface area contributed by atoms with Crippen LogP contribution >= 0.6 is 0 Å². The van der Waals surface area contributed by atoms with Crippen LogP contribution in [0, 0.1) is 0 Å². The van der Waals surface area contributed by atoms with Gasteiger partial charge in [0.2, 0.25) is 0 Å². The zero-order valence-corrected chi connectivity index (χ0v) is 18.7. The third-order valence-corrected chi connectivity index (χ3v) is 6.38. The molecule has 1 aliphatic rings. The van der Waals surface area contributed by atoms with Gasteiger partial charge in [0.15, 0.2) is 0 Å². The lowest BCUT2D eigenvalue weighted by Crippen LogP contribution is -2.41. The van der Waals surface area contributed by atoms with Gasteiger partial charge < -0.3 is 14.0 Å². The topological polar surface area (TPSA) is 27.7 Å². The van der Waals surface area contributed by atoms with E-state index >= 15 is 0 Å². The molecule has 0 spiro atoms. The van der Waals surface area contributed by atoms with E-state index in [1.165, 1.54) is 0 Å². The highest BCUT2D eigenvalue weighted by atomic mass is 19.1. The van der Waals surface area contributed by atoms with Crippen molar-refractivity contribution in [1.82, 2.24) is 0 Å². The highest BCUT2D eigenvalue weighted by Crippen LogP contribution is 2.37. The van der Waals surface area contributed by atoms with Crippen LogP contribution in [0.25, 0.3) is 10.8 Å². The summed E-state index contributed by atoms with van der Waals surface area (Å²) in [6, 6.07) is 21.9. The molecule has 1 fully saturated rings. The Morgan fingerprint density at radius 1 is 0.871 bits per heavy atom. The first-order valence-corrected chi connectivity index (χ1v) is 10.9. The van der Waals surface area contributed by atoms with Crippen LogP contribution < -0.4 is 5.46 Å². The Bertz CT molecular complexity index is 1010. The Morgan fingerprint density at radius 3 is 2.19 bits per heavy atom. The van der Waals surface area contributed by atoms with Crippen LogP contribution in [0.3, 0.4) is 0 Å². The Hall–Kier alpha value is -2.21. The lowest BCUT2D eigenvalue weighted by molar-refractivity contribution is 0.00578. The van der Waals surface area contributed by atoms with E-state index in [2.05, 4.69) is 0 Å². The molecule has 3 aromatic rings. The van der Waals surface area contributed by atoms with E-state index in [1.54, 1.807) is 0 Å². The standard InChI is InChI=1S/C26H30BFO3/c1-25(2)26(3,4)31-27(30-25)23-15-9-13-20-12-8-14-21(24(20)23)16-22(28)18-29-17-19-10-6-5-7-11-19/h5-15,22H,16-18H2,1-4H3. The molecule has 0 aromatic heterocycles. The summed E-state index contributed by atoms with van der Waals surface area (Å²) in [5.74, 6) is 0. The molecule has 0 saturated carbocycles. The van der Waals surface area contributed by atoms with Gasteiger partial charge in [-0.2, -0.15) is 0 Å². The first-order valence-electron chi connectivity index (χ1n) is 10.9. The van der Waals surface area contributed by atoms with Gasteiger partial charge in [0.1, 0.15) is 6.17 Å². The number of hydrogen-bond donors (Lipinski definition) is 0. The van der Waals surface area contributed by atoms with Crippen molar-refractivity contribution in [3.8, 4) is 0 Å². The summed E-state index contributed by atoms with van der Waals surface area (Å²) < 4.78 is 33.1. The molecule has 0 bridgehead atoms. The maximum atomic E-state index is 14.9. The molecule has 3 nitrogen and oxygen atoms in total. The number of rotatable bonds is 7. The van der Waals surface area contributed by atoms with Gasteiger partial charge in [0.25, 0.3) is 0 Å². The lowest BCUT2D eigenvalue weighted by Gasteiger charge is -2.32. The highest BCUT2D eigenvalue weighted by Gasteiger charge is 2.52. The Morgan fingerprint density at radius 2 is 1.52 bits per heavy atom. The molecule has 0 radical (unpaired) electrons. The summed E-state index contributed by atoms with van der Waals surface area (Å²) in [6.45, 7) is 8.64. The van der Waals surface area contributed by atoms with Crippen LogP contribution in [0.1, 0.15) is 38.8 Å². The molecule has 3 aromatic carbocycles. The molecule has 1 atom stereocenters. The third-order valence-electron chi connectivity index (χ3n) is 6.38. The van der Waals surface area contributed by atoms with E-state index in [0.29, 0.717) is 6.61 Å². The van der Waals surface area contributed by atoms with Crippen LogP contribution in [0.5, 0.6) is 0 Å². The first-order chi connectivity index (χ1) is 14.8. The number of alkyl halides is 1. The van der Waals surface area contributed by atoms with Crippen LogP contribution in [-0.2, 0) is 27.1 Å². The van der Waals surface area contributed by atoms with Crippen molar-refractivity contribution in [3.63, 3.8) is 0 Å². The van der Waals surface area contributed by atoms with E-state index in [1.807, 2.05) is 94.4 Å². The van der Waals surface area contributed by atoms with Gasteiger partial charge in [0.05, 0.1) is 24.4 Å². The van der Waals surface area contributed by atoms with E-state index in [-0.39, 0.29) is 13.0 Å². The van der Waals surface area contributed by atoms with Gasteiger partial charge in [-0.3, -0.25) is 0 Å². The van der Waals surface area contributed by atoms with Gasteiger partial charge in [0, 0.05) is 6.42 Å². The molecule has 31 heavy (non-hydrogen) atoms. The molecule has 1 aliphatic heterocycles. The zero-order chi connectivity index (χ0) is 22.1. The SMILES string of the molecule is CC1(C)OB(c2cccc3cccc(CC(F)COCc4ccccc4)c23)OC1(C)C. The van der Waals surface area contributed by atoms with Crippen molar-refractivity contribution in [2.75, 3.05) is 6.61 Å². The summed E-state index contributed by atoms with van der Waals surface area (Å²) in [5.41, 5.74) is 2.08. The third kappa shape index (κ3) is 4.69. The number of hydrogen-bond acceptors (Lipinski definition) is 3. The Labute approximate surface area is 184 Å². The summed E-state index contributed by atoms with van der Waals surface area (Å²) in [4.78, 5) is 0. The van der Waals surface area contributed by atoms with Gasteiger partial charge in [-0.05, 0) is 55.1 Å². The monoisotopic (exact) mass is 420 g/mol. The molecule has 0 amide bonds. The summed E-state index contributed by atoms with van der Waals surface area (Å²) in [7, 11) is -0.484. The smallest absolute Gasteiger partial charge is 0.399 e.